The van der Waals surface area contributed by atoms with E-state index in [0.717, 1.165) is 16.7 Å². The number of benzene rings is 2. The molecule has 0 spiro atoms. The Hall–Kier alpha value is -1.71. The average molecular weight is 274 g/mol. The summed E-state index contributed by atoms with van der Waals surface area (Å²) in [6, 6.07) is 13.9. The van der Waals surface area contributed by atoms with Crippen molar-refractivity contribution in [1.82, 2.24) is 0 Å². The van der Waals surface area contributed by atoms with Crippen molar-refractivity contribution < 1.29 is 14.6 Å². The Kier molecular flexibility index (Phi) is 4.53. The van der Waals surface area contributed by atoms with E-state index in [-0.39, 0.29) is 19.0 Å². The van der Waals surface area contributed by atoms with Gasteiger partial charge >= 0.3 is 0 Å². The van der Waals surface area contributed by atoms with E-state index in [1.807, 2.05) is 31.2 Å². The fourth-order valence-corrected chi connectivity index (χ4v) is 2.59. The van der Waals surface area contributed by atoms with Gasteiger partial charge in [-0.05, 0) is 42.2 Å². The zero-order valence-electron chi connectivity index (χ0n) is 11.5. The minimum Gasteiger partial charge on any atom is -0.395 e. The largest absolute Gasteiger partial charge is 0.395 e. The number of hydrogen-bond donors (Lipinski definition) is 2. The molecule has 0 saturated carbocycles. The molecule has 0 atom stereocenters. The molecule has 0 aliphatic heterocycles. The highest BCUT2D eigenvalue weighted by Crippen LogP contribution is 2.30. The maximum absolute atomic E-state index is 13.0. The highest BCUT2D eigenvalue weighted by atomic mass is 19.1. The van der Waals surface area contributed by atoms with Crippen LogP contribution in [0.15, 0.2) is 48.5 Å². The molecule has 2 aromatic carbocycles. The van der Waals surface area contributed by atoms with Crippen LogP contribution < -0.4 is 0 Å². The summed E-state index contributed by atoms with van der Waals surface area (Å²) in [5, 5.41) is 19.7. The number of rotatable bonds is 5. The zero-order chi connectivity index (χ0) is 14.6. The van der Waals surface area contributed by atoms with Crippen molar-refractivity contribution in [3.63, 3.8) is 0 Å². The van der Waals surface area contributed by atoms with E-state index in [9.17, 15) is 14.6 Å². The average Bonchev–Trinajstić information content (AvgIpc) is 2.48. The molecule has 0 radical (unpaired) electrons. The second-order valence-corrected chi connectivity index (χ2v) is 5.21. The lowest BCUT2D eigenvalue weighted by Gasteiger charge is -2.32. The first-order valence-electron chi connectivity index (χ1n) is 6.63. The molecule has 2 nitrogen and oxygen atoms in total. The molecule has 0 bridgehead atoms. The molecule has 0 aliphatic rings. The van der Waals surface area contributed by atoms with E-state index in [1.54, 1.807) is 12.1 Å². The van der Waals surface area contributed by atoms with Crippen molar-refractivity contribution in [2.45, 2.75) is 18.8 Å². The maximum Gasteiger partial charge on any atom is 0.123 e. The van der Waals surface area contributed by atoms with Crippen LogP contribution in [0, 0.1) is 12.7 Å². The Balaban J connectivity index is 2.39. The van der Waals surface area contributed by atoms with Gasteiger partial charge in [0.05, 0.1) is 13.2 Å². The molecule has 2 N–H and O–H groups in total. The van der Waals surface area contributed by atoms with E-state index in [2.05, 4.69) is 0 Å². The summed E-state index contributed by atoms with van der Waals surface area (Å²) in [5.41, 5.74) is 2.09. The lowest BCUT2D eigenvalue weighted by Crippen LogP contribution is -2.38. The van der Waals surface area contributed by atoms with E-state index in [1.165, 1.54) is 12.1 Å². The molecule has 0 heterocycles. The van der Waals surface area contributed by atoms with Gasteiger partial charge in [-0.3, -0.25) is 0 Å². The molecule has 20 heavy (non-hydrogen) atoms. The summed E-state index contributed by atoms with van der Waals surface area (Å²) in [4.78, 5) is 0. The van der Waals surface area contributed by atoms with E-state index >= 15 is 0 Å². The lowest BCUT2D eigenvalue weighted by molar-refractivity contribution is 0.115. The summed E-state index contributed by atoms with van der Waals surface area (Å²) in [6.07, 6.45) is 0.463. The first kappa shape index (κ1) is 14.7. The Morgan fingerprint density at radius 1 is 0.950 bits per heavy atom. The molecule has 0 fully saturated rings. The molecule has 106 valence electrons. The molecule has 2 aromatic rings. The molecule has 0 amide bonds. The van der Waals surface area contributed by atoms with Gasteiger partial charge in [-0.25, -0.2) is 4.39 Å². The van der Waals surface area contributed by atoms with Crippen LogP contribution in [-0.2, 0) is 11.8 Å². The van der Waals surface area contributed by atoms with Gasteiger partial charge < -0.3 is 10.2 Å². The van der Waals surface area contributed by atoms with Crippen molar-refractivity contribution in [1.29, 1.82) is 0 Å². The minimum absolute atomic E-state index is 0.161. The van der Waals surface area contributed by atoms with E-state index < -0.39 is 5.41 Å². The van der Waals surface area contributed by atoms with Gasteiger partial charge in [0.15, 0.2) is 0 Å². The molecule has 0 unspecified atom stereocenters. The first-order valence-corrected chi connectivity index (χ1v) is 6.63. The van der Waals surface area contributed by atoms with Crippen molar-refractivity contribution in [3.05, 3.63) is 71.0 Å². The van der Waals surface area contributed by atoms with E-state index in [4.69, 9.17) is 0 Å². The number of aryl methyl sites for hydroxylation is 1. The third-order valence-corrected chi connectivity index (χ3v) is 3.78. The SMILES string of the molecule is Cc1ccccc1C(CO)(CO)Cc1ccc(F)cc1. The smallest absolute Gasteiger partial charge is 0.123 e. The number of halogens is 1. The van der Waals surface area contributed by atoms with Crippen LogP contribution >= 0.6 is 0 Å². The number of aliphatic hydroxyl groups is 2. The highest BCUT2D eigenvalue weighted by Gasteiger charge is 2.32. The summed E-state index contributed by atoms with van der Waals surface area (Å²) >= 11 is 0. The highest BCUT2D eigenvalue weighted by molar-refractivity contribution is 5.36. The van der Waals surface area contributed by atoms with Crippen LogP contribution in [0.1, 0.15) is 16.7 Å². The lowest BCUT2D eigenvalue weighted by atomic mass is 9.75. The summed E-state index contributed by atoms with van der Waals surface area (Å²) < 4.78 is 13.0. The second kappa shape index (κ2) is 6.16. The Morgan fingerprint density at radius 3 is 2.10 bits per heavy atom. The van der Waals surface area contributed by atoms with Gasteiger partial charge in [0.25, 0.3) is 0 Å². The van der Waals surface area contributed by atoms with Crippen LogP contribution in [-0.4, -0.2) is 23.4 Å². The first-order chi connectivity index (χ1) is 9.61. The molecular formula is C17H19FO2. The zero-order valence-corrected chi connectivity index (χ0v) is 11.5. The van der Waals surface area contributed by atoms with Crippen LogP contribution in [0.3, 0.4) is 0 Å². The van der Waals surface area contributed by atoms with Crippen molar-refractivity contribution >= 4 is 0 Å². The van der Waals surface area contributed by atoms with Gasteiger partial charge in [0.2, 0.25) is 0 Å². The second-order valence-electron chi connectivity index (χ2n) is 5.21. The summed E-state index contributed by atoms with van der Waals surface area (Å²) in [7, 11) is 0. The predicted molar refractivity (Wildman–Crippen MR) is 77.1 cm³/mol. The van der Waals surface area contributed by atoms with Gasteiger partial charge in [-0.2, -0.15) is 0 Å². The Labute approximate surface area is 118 Å². The van der Waals surface area contributed by atoms with Gasteiger partial charge in [-0.15, -0.1) is 0 Å². The van der Waals surface area contributed by atoms with Crippen LogP contribution in [0.4, 0.5) is 4.39 Å². The molecule has 0 saturated heterocycles. The minimum atomic E-state index is -0.747. The van der Waals surface area contributed by atoms with Crippen LogP contribution in [0.2, 0.25) is 0 Å². The van der Waals surface area contributed by atoms with Crippen molar-refractivity contribution in [3.8, 4) is 0 Å². The third kappa shape index (κ3) is 2.89. The Bertz CT molecular complexity index is 559. The summed E-state index contributed by atoms with van der Waals surface area (Å²) in [5.74, 6) is -0.289. The fourth-order valence-electron chi connectivity index (χ4n) is 2.59. The molecule has 2 rings (SSSR count). The maximum atomic E-state index is 13.0. The van der Waals surface area contributed by atoms with Crippen LogP contribution in [0.25, 0.3) is 0 Å². The molecule has 0 aromatic heterocycles. The standard InChI is InChI=1S/C17H19FO2/c1-13-4-2-3-5-16(13)17(11-19,12-20)10-14-6-8-15(18)9-7-14/h2-9,19-20H,10-12H2,1H3. The van der Waals surface area contributed by atoms with Gasteiger partial charge in [0, 0.05) is 5.41 Å². The molecule has 3 heteroatoms. The fraction of sp³-hybridized carbons (Fsp3) is 0.294. The van der Waals surface area contributed by atoms with Crippen molar-refractivity contribution in [2.24, 2.45) is 0 Å². The van der Waals surface area contributed by atoms with Crippen LogP contribution in [0.5, 0.6) is 0 Å². The van der Waals surface area contributed by atoms with E-state index in [0.29, 0.717) is 6.42 Å². The number of aliphatic hydroxyl groups excluding tert-OH is 2. The van der Waals surface area contributed by atoms with Gasteiger partial charge in [0.1, 0.15) is 5.82 Å². The van der Waals surface area contributed by atoms with Gasteiger partial charge in [-0.1, -0.05) is 36.4 Å². The monoisotopic (exact) mass is 274 g/mol. The number of hydrogen-bond acceptors (Lipinski definition) is 2. The predicted octanol–water partition coefficient (Wildman–Crippen LogP) is 2.60. The normalized spacial score (nSPS) is 11.6. The topological polar surface area (TPSA) is 40.5 Å². The summed E-state index contributed by atoms with van der Waals surface area (Å²) in [6.45, 7) is 1.64. The third-order valence-electron chi connectivity index (χ3n) is 3.78. The van der Waals surface area contributed by atoms with Crippen molar-refractivity contribution in [2.75, 3.05) is 13.2 Å². The Morgan fingerprint density at radius 2 is 1.55 bits per heavy atom. The quantitative estimate of drug-likeness (QED) is 0.880. The molecular weight excluding hydrogens is 255 g/mol. The molecule has 0 aliphatic carbocycles.